The first kappa shape index (κ1) is 19.3. The van der Waals surface area contributed by atoms with Gasteiger partial charge in [0, 0.05) is 5.56 Å². The Morgan fingerprint density at radius 1 is 1.14 bits per heavy atom. The molecule has 1 amide bonds. The highest BCUT2D eigenvalue weighted by atomic mass is 16.5. The van der Waals surface area contributed by atoms with Gasteiger partial charge in [-0.05, 0) is 47.5 Å². The third-order valence-electron chi connectivity index (χ3n) is 3.81. The van der Waals surface area contributed by atoms with Gasteiger partial charge < -0.3 is 14.8 Å². The van der Waals surface area contributed by atoms with Gasteiger partial charge in [0.1, 0.15) is 18.0 Å². The number of tetrazole rings is 1. The Labute approximate surface area is 163 Å². The van der Waals surface area contributed by atoms with E-state index in [0.717, 1.165) is 11.3 Å². The lowest BCUT2D eigenvalue weighted by Gasteiger charge is -2.09. The number of ether oxygens (including phenoxy) is 2. The van der Waals surface area contributed by atoms with Gasteiger partial charge in [0.05, 0.1) is 19.4 Å². The van der Waals surface area contributed by atoms with Crippen LogP contribution in [0.25, 0.3) is 11.4 Å². The topological polar surface area (TPSA) is 91.2 Å². The highest BCUT2D eigenvalue weighted by molar-refractivity contribution is 5.91. The fourth-order valence-electron chi connectivity index (χ4n) is 2.45. The van der Waals surface area contributed by atoms with E-state index in [4.69, 9.17) is 9.47 Å². The molecule has 28 heavy (non-hydrogen) atoms. The number of carbonyl (C=O) groups excluding carboxylic acids is 1. The number of nitrogens with one attached hydrogen (secondary N) is 1. The Balaban J connectivity index is 1.61. The summed E-state index contributed by atoms with van der Waals surface area (Å²) >= 11 is 0. The maximum absolute atomic E-state index is 12.3. The van der Waals surface area contributed by atoms with Crippen LogP contribution in [-0.4, -0.2) is 39.8 Å². The highest BCUT2D eigenvalue weighted by Gasteiger charge is 2.11. The van der Waals surface area contributed by atoms with E-state index in [-0.39, 0.29) is 12.5 Å². The second-order valence-corrected chi connectivity index (χ2v) is 6.62. The molecule has 8 heteroatoms. The maximum atomic E-state index is 12.3. The zero-order valence-corrected chi connectivity index (χ0v) is 16.1. The first-order chi connectivity index (χ1) is 13.5. The predicted molar refractivity (Wildman–Crippen MR) is 105 cm³/mol. The van der Waals surface area contributed by atoms with Crippen LogP contribution in [0, 0.1) is 5.92 Å². The second kappa shape index (κ2) is 8.98. The van der Waals surface area contributed by atoms with Crippen LogP contribution in [0.15, 0.2) is 48.5 Å². The fraction of sp³-hybridized carbons (Fsp3) is 0.300. The molecule has 0 aliphatic heterocycles. The van der Waals surface area contributed by atoms with E-state index in [1.807, 2.05) is 36.4 Å². The Bertz CT molecular complexity index is 922. The number of benzene rings is 2. The zero-order chi connectivity index (χ0) is 19.9. The predicted octanol–water partition coefficient (Wildman–Crippen LogP) is 3.02. The molecule has 0 aliphatic carbocycles. The summed E-state index contributed by atoms with van der Waals surface area (Å²) in [5.41, 5.74) is 1.39. The lowest BCUT2D eigenvalue weighted by Crippen LogP contribution is -2.20. The van der Waals surface area contributed by atoms with Crippen LogP contribution in [0.4, 0.5) is 5.69 Å². The van der Waals surface area contributed by atoms with Crippen LogP contribution >= 0.6 is 0 Å². The smallest absolute Gasteiger partial charge is 0.248 e. The number of hydrogen-bond acceptors (Lipinski definition) is 6. The van der Waals surface area contributed by atoms with E-state index in [0.29, 0.717) is 29.8 Å². The summed E-state index contributed by atoms with van der Waals surface area (Å²) in [4.78, 5) is 13.5. The summed E-state index contributed by atoms with van der Waals surface area (Å²) in [6.07, 6.45) is 0. The Morgan fingerprint density at radius 2 is 1.89 bits per heavy atom. The molecule has 1 N–H and O–H groups in total. The minimum Gasteiger partial charge on any atom is -0.495 e. The number of hydrogen-bond donors (Lipinski definition) is 1. The van der Waals surface area contributed by atoms with Gasteiger partial charge in [0.25, 0.3) is 0 Å². The monoisotopic (exact) mass is 381 g/mol. The lowest BCUT2D eigenvalue weighted by molar-refractivity contribution is -0.117. The molecular formula is C20H23N5O3. The molecule has 0 fully saturated rings. The lowest BCUT2D eigenvalue weighted by atomic mass is 10.2. The molecule has 3 rings (SSSR count). The summed E-state index contributed by atoms with van der Waals surface area (Å²) in [7, 11) is 1.55. The zero-order valence-electron chi connectivity index (χ0n) is 16.1. The van der Waals surface area contributed by atoms with Gasteiger partial charge in [0.15, 0.2) is 0 Å². The third-order valence-corrected chi connectivity index (χ3v) is 3.81. The van der Waals surface area contributed by atoms with Crippen molar-refractivity contribution in [2.45, 2.75) is 20.4 Å². The molecule has 1 aromatic heterocycles. The molecule has 0 saturated heterocycles. The number of nitrogens with zero attached hydrogens (tertiary/aromatic N) is 4. The number of anilines is 1. The Kier molecular flexibility index (Phi) is 6.21. The van der Waals surface area contributed by atoms with Gasteiger partial charge in [0.2, 0.25) is 11.7 Å². The minimum atomic E-state index is -0.272. The van der Waals surface area contributed by atoms with E-state index in [1.54, 1.807) is 19.2 Å². The molecule has 0 unspecified atom stereocenters. The quantitative estimate of drug-likeness (QED) is 0.645. The van der Waals surface area contributed by atoms with E-state index >= 15 is 0 Å². The molecule has 146 valence electrons. The van der Waals surface area contributed by atoms with Gasteiger partial charge in [-0.25, -0.2) is 0 Å². The molecule has 0 aliphatic rings. The van der Waals surface area contributed by atoms with E-state index in [9.17, 15) is 4.79 Å². The van der Waals surface area contributed by atoms with Crippen LogP contribution < -0.4 is 14.8 Å². The average molecular weight is 381 g/mol. The minimum absolute atomic E-state index is 0.0549. The number of rotatable bonds is 8. The van der Waals surface area contributed by atoms with Gasteiger partial charge in [-0.2, -0.15) is 4.80 Å². The maximum Gasteiger partial charge on any atom is 0.248 e. The van der Waals surface area contributed by atoms with E-state index in [1.165, 1.54) is 4.80 Å². The summed E-state index contributed by atoms with van der Waals surface area (Å²) in [6.45, 7) is 4.80. The summed E-state index contributed by atoms with van der Waals surface area (Å²) < 4.78 is 10.9. The van der Waals surface area contributed by atoms with Crippen molar-refractivity contribution in [1.82, 2.24) is 20.2 Å². The van der Waals surface area contributed by atoms with Gasteiger partial charge in [-0.15, -0.1) is 10.2 Å². The van der Waals surface area contributed by atoms with Gasteiger partial charge in [-0.1, -0.05) is 26.0 Å². The van der Waals surface area contributed by atoms with Crippen molar-refractivity contribution < 1.29 is 14.3 Å². The first-order valence-corrected chi connectivity index (χ1v) is 8.99. The summed E-state index contributed by atoms with van der Waals surface area (Å²) in [6, 6.07) is 14.7. The van der Waals surface area contributed by atoms with Crippen LogP contribution in [-0.2, 0) is 11.3 Å². The normalized spacial score (nSPS) is 10.7. The summed E-state index contributed by atoms with van der Waals surface area (Å²) in [5.74, 6) is 2.01. The molecule has 0 saturated carbocycles. The Hall–Kier alpha value is -3.42. The summed E-state index contributed by atoms with van der Waals surface area (Å²) in [5, 5.41) is 15.0. The molecule has 0 spiro atoms. The Morgan fingerprint density at radius 3 is 2.61 bits per heavy atom. The molecule has 3 aromatic rings. The molecule has 2 aromatic carbocycles. The van der Waals surface area contributed by atoms with Crippen molar-refractivity contribution >= 4 is 11.6 Å². The number of methoxy groups -OCH3 is 1. The van der Waals surface area contributed by atoms with Crippen molar-refractivity contribution in [3.63, 3.8) is 0 Å². The van der Waals surface area contributed by atoms with Gasteiger partial charge in [-0.3, -0.25) is 4.79 Å². The van der Waals surface area contributed by atoms with E-state index in [2.05, 4.69) is 34.6 Å². The molecule has 0 bridgehead atoms. The average Bonchev–Trinajstić information content (AvgIpc) is 3.15. The molecule has 8 nitrogen and oxygen atoms in total. The molecule has 0 atom stereocenters. The van der Waals surface area contributed by atoms with Crippen LogP contribution in [0.5, 0.6) is 11.5 Å². The van der Waals surface area contributed by atoms with Crippen LogP contribution in [0.1, 0.15) is 13.8 Å². The van der Waals surface area contributed by atoms with Crippen LogP contribution in [0.3, 0.4) is 0 Å². The third kappa shape index (κ3) is 5.06. The van der Waals surface area contributed by atoms with Crippen molar-refractivity contribution in [2.24, 2.45) is 5.92 Å². The van der Waals surface area contributed by atoms with Crippen molar-refractivity contribution in [1.29, 1.82) is 0 Å². The van der Waals surface area contributed by atoms with Crippen molar-refractivity contribution in [3.8, 4) is 22.9 Å². The largest absolute Gasteiger partial charge is 0.495 e. The van der Waals surface area contributed by atoms with Crippen molar-refractivity contribution in [3.05, 3.63) is 48.5 Å². The molecule has 1 heterocycles. The van der Waals surface area contributed by atoms with Crippen LogP contribution in [0.2, 0.25) is 0 Å². The van der Waals surface area contributed by atoms with E-state index < -0.39 is 0 Å². The molecular weight excluding hydrogens is 358 g/mol. The SMILES string of the molecule is COc1ccccc1NC(=O)Cn1nnc(-c2ccc(OCC(C)C)cc2)n1. The highest BCUT2D eigenvalue weighted by Crippen LogP contribution is 2.23. The number of para-hydroxylation sites is 2. The number of amides is 1. The standard InChI is InChI=1S/C20H23N5O3/c1-14(2)13-28-16-10-8-15(9-11-16)20-22-24-25(23-20)12-19(26)21-17-6-4-5-7-18(17)27-3/h4-11,14H,12-13H2,1-3H3,(H,21,26). The van der Waals surface area contributed by atoms with Crippen molar-refractivity contribution in [2.75, 3.05) is 19.0 Å². The van der Waals surface area contributed by atoms with Gasteiger partial charge >= 0.3 is 0 Å². The number of carbonyl (C=O) groups is 1. The second-order valence-electron chi connectivity index (χ2n) is 6.62. The first-order valence-electron chi connectivity index (χ1n) is 8.99. The fourth-order valence-corrected chi connectivity index (χ4v) is 2.45. The molecule has 0 radical (unpaired) electrons. The number of aromatic nitrogens is 4.